The number of aryl methyl sites for hydroxylation is 1. The highest BCUT2D eigenvalue weighted by Gasteiger charge is 2.22. The Hall–Kier alpha value is -2.14. The minimum Gasteiger partial charge on any atom is -0.351 e. The number of aromatic nitrogens is 3. The molecule has 1 N–H and O–H groups in total. The minimum absolute atomic E-state index is 0.218. The highest BCUT2D eigenvalue weighted by atomic mass is 16.5. The van der Waals surface area contributed by atoms with Gasteiger partial charge in [-0.2, -0.15) is 4.98 Å². The fourth-order valence-electron chi connectivity index (χ4n) is 2.79. The van der Waals surface area contributed by atoms with Crippen molar-refractivity contribution in [3.05, 3.63) is 36.4 Å². The summed E-state index contributed by atoms with van der Waals surface area (Å²) in [7, 11) is 2.04. The Bertz CT molecular complexity index is 752. The number of hydrogen-bond donors (Lipinski definition) is 1. The molecule has 5 heteroatoms. The Labute approximate surface area is 116 Å². The van der Waals surface area contributed by atoms with Gasteiger partial charge in [0.1, 0.15) is 0 Å². The Morgan fingerprint density at radius 1 is 1.35 bits per heavy atom. The van der Waals surface area contributed by atoms with E-state index in [-0.39, 0.29) is 6.04 Å². The summed E-state index contributed by atoms with van der Waals surface area (Å²) in [6, 6.07) is 8.55. The van der Waals surface area contributed by atoms with Gasteiger partial charge in [0.05, 0.1) is 6.04 Å². The first-order chi connectivity index (χ1) is 9.81. The second kappa shape index (κ2) is 4.45. The van der Waals surface area contributed by atoms with E-state index in [1.807, 2.05) is 13.1 Å². The Morgan fingerprint density at radius 3 is 3.15 bits per heavy atom. The van der Waals surface area contributed by atoms with E-state index in [0.717, 1.165) is 24.9 Å². The van der Waals surface area contributed by atoms with Crippen LogP contribution >= 0.6 is 0 Å². The Kier molecular flexibility index (Phi) is 2.60. The van der Waals surface area contributed by atoms with Crippen LogP contribution < -0.4 is 5.32 Å². The molecule has 20 heavy (non-hydrogen) atoms. The van der Waals surface area contributed by atoms with Gasteiger partial charge in [-0.3, -0.25) is 0 Å². The molecular formula is C15H16N4O. The largest absolute Gasteiger partial charge is 0.351 e. The van der Waals surface area contributed by atoms with Crippen LogP contribution in [0.2, 0.25) is 0 Å². The molecule has 0 bridgehead atoms. The van der Waals surface area contributed by atoms with E-state index in [4.69, 9.17) is 4.52 Å². The maximum absolute atomic E-state index is 5.40. The smallest absolute Gasteiger partial charge is 0.244 e. The molecule has 1 atom stereocenters. The van der Waals surface area contributed by atoms with Crippen LogP contribution in [0.3, 0.4) is 0 Å². The van der Waals surface area contributed by atoms with Gasteiger partial charge in [-0.05, 0) is 36.9 Å². The summed E-state index contributed by atoms with van der Waals surface area (Å²) >= 11 is 0. The van der Waals surface area contributed by atoms with Gasteiger partial charge in [0, 0.05) is 24.3 Å². The molecule has 0 amide bonds. The van der Waals surface area contributed by atoms with Gasteiger partial charge in [-0.15, -0.1) is 0 Å². The molecule has 0 spiro atoms. The van der Waals surface area contributed by atoms with Crippen LogP contribution in [0.5, 0.6) is 0 Å². The molecule has 1 unspecified atom stereocenters. The number of rotatable bonds is 2. The molecule has 1 aliphatic heterocycles. The highest BCUT2D eigenvalue weighted by molar-refractivity contribution is 5.84. The molecule has 0 radical (unpaired) electrons. The molecule has 0 aliphatic carbocycles. The van der Waals surface area contributed by atoms with Crippen LogP contribution in [0.15, 0.2) is 35.0 Å². The molecule has 102 valence electrons. The summed E-state index contributed by atoms with van der Waals surface area (Å²) in [5.41, 5.74) is 2.17. The molecule has 3 heterocycles. The monoisotopic (exact) mass is 268 g/mol. The SMILES string of the molecule is Cn1ccc2ccc(-c3noc(C4CCCN4)n3)cc21. The van der Waals surface area contributed by atoms with Crippen molar-refractivity contribution in [2.45, 2.75) is 18.9 Å². The second-order valence-corrected chi connectivity index (χ2v) is 5.31. The quantitative estimate of drug-likeness (QED) is 0.776. The van der Waals surface area contributed by atoms with Crippen molar-refractivity contribution in [3.8, 4) is 11.4 Å². The second-order valence-electron chi connectivity index (χ2n) is 5.31. The summed E-state index contributed by atoms with van der Waals surface area (Å²) in [4.78, 5) is 4.53. The molecule has 5 nitrogen and oxygen atoms in total. The summed E-state index contributed by atoms with van der Waals surface area (Å²) in [5.74, 6) is 1.36. The fourth-order valence-corrected chi connectivity index (χ4v) is 2.79. The lowest BCUT2D eigenvalue weighted by Gasteiger charge is -2.01. The normalized spacial score (nSPS) is 18.9. The average molecular weight is 268 g/mol. The van der Waals surface area contributed by atoms with E-state index in [1.165, 1.54) is 10.9 Å². The number of benzene rings is 1. The molecule has 1 aliphatic rings. The van der Waals surface area contributed by atoms with Crippen LogP contribution in [0, 0.1) is 0 Å². The summed E-state index contributed by atoms with van der Waals surface area (Å²) in [5, 5.41) is 8.71. The molecule has 0 saturated carbocycles. The van der Waals surface area contributed by atoms with E-state index in [1.54, 1.807) is 0 Å². The Morgan fingerprint density at radius 2 is 2.30 bits per heavy atom. The highest BCUT2D eigenvalue weighted by Crippen LogP contribution is 2.26. The zero-order valence-corrected chi connectivity index (χ0v) is 11.3. The van der Waals surface area contributed by atoms with Gasteiger partial charge in [0.25, 0.3) is 0 Å². The van der Waals surface area contributed by atoms with E-state index in [9.17, 15) is 0 Å². The molecule has 3 aromatic rings. The number of nitrogens with one attached hydrogen (secondary N) is 1. The lowest BCUT2D eigenvalue weighted by atomic mass is 10.1. The van der Waals surface area contributed by atoms with E-state index in [0.29, 0.717) is 11.7 Å². The maximum atomic E-state index is 5.40. The van der Waals surface area contributed by atoms with Crippen molar-refractivity contribution in [2.24, 2.45) is 7.05 Å². The summed E-state index contributed by atoms with van der Waals surface area (Å²) in [6.45, 7) is 1.03. The standard InChI is InChI=1S/C15H16N4O/c1-19-8-6-10-4-5-11(9-13(10)19)14-17-15(20-18-14)12-3-2-7-16-12/h4-6,8-9,12,16H,2-3,7H2,1H3. The van der Waals surface area contributed by atoms with Gasteiger partial charge in [0.15, 0.2) is 0 Å². The van der Waals surface area contributed by atoms with Gasteiger partial charge in [-0.25, -0.2) is 0 Å². The molecule has 1 fully saturated rings. The van der Waals surface area contributed by atoms with Crippen LogP contribution in [0.4, 0.5) is 0 Å². The lowest BCUT2D eigenvalue weighted by molar-refractivity contribution is 0.345. The zero-order valence-electron chi connectivity index (χ0n) is 11.3. The fraction of sp³-hybridized carbons (Fsp3) is 0.333. The van der Waals surface area contributed by atoms with Crippen molar-refractivity contribution >= 4 is 10.9 Å². The first-order valence-corrected chi connectivity index (χ1v) is 6.94. The number of hydrogen-bond acceptors (Lipinski definition) is 4. The molecule has 4 rings (SSSR count). The third-order valence-electron chi connectivity index (χ3n) is 3.95. The summed E-state index contributed by atoms with van der Waals surface area (Å²) in [6.07, 6.45) is 4.29. The third kappa shape index (κ3) is 1.82. The zero-order chi connectivity index (χ0) is 13.5. The van der Waals surface area contributed by atoms with E-state index < -0.39 is 0 Å². The van der Waals surface area contributed by atoms with Crippen molar-refractivity contribution < 1.29 is 4.52 Å². The van der Waals surface area contributed by atoms with Crippen molar-refractivity contribution in [1.29, 1.82) is 0 Å². The molecule has 2 aromatic heterocycles. The van der Waals surface area contributed by atoms with E-state index in [2.05, 4.69) is 44.4 Å². The average Bonchev–Trinajstić information content (AvgIpc) is 3.18. The first-order valence-electron chi connectivity index (χ1n) is 6.94. The number of nitrogens with zero attached hydrogens (tertiary/aromatic N) is 3. The van der Waals surface area contributed by atoms with Crippen molar-refractivity contribution in [3.63, 3.8) is 0 Å². The van der Waals surface area contributed by atoms with Gasteiger partial charge in [-0.1, -0.05) is 17.3 Å². The third-order valence-corrected chi connectivity index (χ3v) is 3.95. The van der Waals surface area contributed by atoms with Crippen molar-refractivity contribution in [1.82, 2.24) is 20.0 Å². The van der Waals surface area contributed by atoms with Crippen molar-refractivity contribution in [2.75, 3.05) is 6.54 Å². The summed E-state index contributed by atoms with van der Waals surface area (Å²) < 4.78 is 7.49. The van der Waals surface area contributed by atoms with Crippen LogP contribution in [0.1, 0.15) is 24.8 Å². The maximum Gasteiger partial charge on any atom is 0.244 e. The van der Waals surface area contributed by atoms with Crippen LogP contribution in [-0.2, 0) is 7.05 Å². The predicted octanol–water partition coefficient (Wildman–Crippen LogP) is 2.65. The van der Waals surface area contributed by atoms with Crippen LogP contribution in [0.25, 0.3) is 22.3 Å². The van der Waals surface area contributed by atoms with Gasteiger partial charge in [0.2, 0.25) is 11.7 Å². The molecule has 1 saturated heterocycles. The first kappa shape index (κ1) is 11.7. The molecular weight excluding hydrogens is 252 g/mol. The molecule has 1 aromatic carbocycles. The van der Waals surface area contributed by atoms with E-state index >= 15 is 0 Å². The Balaban J connectivity index is 1.72. The van der Waals surface area contributed by atoms with Gasteiger partial charge < -0.3 is 14.4 Å². The lowest BCUT2D eigenvalue weighted by Crippen LogP contribution is -2.12. The topological polar surface area (TPSA) is 55.9 Å². The number of fused-ring (bicyclic) bond motifs is 1. The van der Waals surface area contributed by atoms with Crippen LogP contribution in [-0.4, -0.2) is 21.3 Å². The predicted molar refractivity (Wildman–Crippen MR) is 76.2 cm³/mol. The van der Waals surface area contributed by atoms with Gasteiger partial charge >= 0.3 is 0 Å². The minimum atomic E-state index is 0.218.